The number of hydrogen-bond acceptors (Lipinski definition) is 8. The van der Waals surface area contributed by atoms with Crippen molar-refractivity contribution in [1.82, 2.24) is 4.98 Å². The average Bonchev–Trinajstić information content (AvgIpc) is 3.53. The average molecular weight is 600 g/mol. The summed E-state index contributed by atoms with van der Waals surface area (Å²) in [5.74, 6) is 0.157. The van der Waals surface area contributed by atoms with Gasteiger partial charge in [0.15, 0.2) is 11.4 Å². The minimum absolute atomic E-state index is 0.123. The molecule has 0 radical (unpaired) electrons. The summed E-state index contributed by atoms with van der Waals surface area (Å²) in [6.07, 6.45) is 0.351. The molecule has 0 aliphatic carbocycles. The monoisotopic (exact) mass is 599 g/mol. The van der Waals surface area contributed by atoms with Gasteiger partial charge < -0.3 is 24.1 Å². The Morgan fingerprint density at radius 3 is 2.38 bits per heavy atom. The van der Waals surface area contributed by atoms with E-state index in [1.807, 2.05) is 121 Å². The molecule has 1 atom stereocenters. The van der Waals surface area contributed by atoms with Crippen molar-refractivity contribution in [3.8, 4) is 5.75 Å². The molecule has 0 aliphatic heterocycles. The van der Waals surface area contributed by atoms with Crippen molar-refractivity contribution >= 4 is 45.3 Å². The van der Waals surface area contributed by atoms with Crippen LogP contribution < -0.4 is 15.0 Å². The molecule has 6 rings (SSSR count). The van der Waals surface area contributed by atoms with Crippen LogP contribution >= 0.6 is 0 Å². The van der Waals surface area contributed by atoms with Gasteiger partial charge in [0.25, 0.3) is 6.01 Å². The maximum Gasteiger partial charge on any atom is 0.328 e. The Labute approximate surface area is 261 Å². The van der Waals surface area contributed by atoms with Crippen molar-refractivity contribution in [2.24, 2.45) is 0 Å². The van der Waals surface area contributed by atoms with Crippen LogP contribution in [0.3, 0.4) is 0 Å². The molecule has 1 N–H and O–H groups in total. The Morgan fingerprint density at radius 2 is 1.56 bits per heavy atom. The summed E-state index contributed by atoms with van der Waals surface area (Å²) >= 11 is 0. The van der Waals surface area contributed by atoms with Crippen LogP contribution in [0.1, 0.15) is 21.5 Å². The van der Waals surface area contributed by atoms with E-state index in [0.717, 1.165) is 27.4 Å². The van der Waals surface area contributed by atoms with Gasteiger partial charge in [-0.1, -0.05) is 78.9 Å². The minimum Gasteiger partial charge on any atom is -0.492 e. The zero-order chi connectivity index (χ0) is 31.2. The molecule has 8 heteroatoms. The lowest BCUT2D eigenvalue weighted by atomic mass is 9.96. The van der Waals surface area contributed by atoms with E-state index in [1.165, 1.54) is 7.11 Å². The predicted molar refractivity (Wildman–Crippen MR) is 176 cm³/mol. The maximum absolute atomic E-state index is 13.8. The number of carbonyl (C=O) groups excluding carboxylic acids is 2. The van der Waals surface area contributed by atoms with Gasteiger partial charge in [0.2, 0.25) is 0 Å². The molecule has 45 heavy (non-hydrogen) atoms. The van der Waals surface area contributed by atoms with Gasteiger partial charge in [0, 0.05) is 30.3 Å². The third-order valence-electron chi connectivity index (χ3n) is 7.69. The quantitative estimate of drug-likeness (QED) is 0.120. The zero-order valence-corrected chi connectivity index (χ0v) is 25.1. The molecule has 0 spiro atoms. The summed E-state index contributed by atoms with van der Waals surface area (Å²) < 4.78 is 16.9. The lowest BCUT2D eigenvalue weighted by Crippen LogP contribution is -2.33. The first-order valence-electron chi connectivity index (χ1n) is 14.7. The first-order chi connectivity index (χ1) is 22.0. The van der Waals surface area contributed by atoms with Crippen LogP contribution in [0, 0.1) is 0 Å². The zero-order valence-electron chi connectivity index (χ0n) is 25.1. The highest BCUT2D eigenvalue weighted by Crippen LogP contribution is 2.26. The third-order valence-corrected chi connectivity index (χ3v) is 7.69. The summed E-state index contributed by atoms with van der Waals surface area (Å²) in [5.41, 5.74) is 4.12. The molecule has 0 saturated heterocycles. The SMILES string of the molecule is COC(=O)C(Cc1ccc(OCCN(C)c2nc3ccccc3o2)cc1)Nc1ccccc1C(=O)c1cccc2ccccc12. The molecule has 0 aliphatic rings. The van der Waals surface area contributed by atoms with Gasteiger partial charge in [0.05, 0.1) is 13.7 Å². The number of benzene rings is 5. The summed E-state index contributed by atoms with van der Waals surface area (Å²) in [4.78, 5) is 33.1. The number of ketones is 1. The maximum atomic E-state index is 13.8. The molecular weight excluding hydrogens is 566 g/mol. The van der Waals surface area contributed by atoms with Crippen LogP contribution in [0.25, 0.3) is 21.9 Å². The fourth-order valence-corrected chi connectivity index (χ4v) is 5.28. The van der Waals surface area contributed by atoms with E-state index >= 15 is 0 Å². The number of oxazole rings is 1. The highest BCUT2D eigenvalue weighted by Gasteiger charge is 2.23. The smallest absolute Gasteiger partial charge is 0.328 e. The van der Waals surface area contributed by atoms with E-state index in [4.69, 9.17) is 13.9 Å². The first-order valence-corrected chi connectivity index (χ1v) is 14.7. The van der Waals surface area contributed by atoms with Gasteiger partial charge in [-0.3, -0.25) is 4.79 Å². The van der Waals surface area contributed by atoms with Crippen molar-refractivity contribution in [2.45, 2.75) is 12.5 Å². The largest absolute Gasteiger partial charge is 0.492 e. The number of nitrogens with one attached hydrogen (secondary N) is 1. The number of para-hydroxylation sites is 3. The number of nitrogens with zero attached hydrogens (tertiary/aromatic N) is 2. The fourth-order valence-electron chi connectivity index (χ4n) is 5.28. The molecule has 0 fully saturated rings. The van der Waals surface area contributed by atoms with Crippen LogP contribution in [-0.4, -0.2) is 50.1 Å². The van der Waals surface area contributed by atoms with Crippen molar-refractivity contribution in [3.63, 3.8) is 0 Å². The number of carbonyl (C=O) groups is 2. The predicted octanol–water partition coefficient (Wildman–Crippen LogP) is 6.92. The third kappa shape index (κ3) is 6.65. The van der Waals surface area contributed by atoms with E-state index in [-0.39, 0.29) is 5.78 Å². The number of methoxy groups -OCH3 is 1. The normalized spacial score (nSPS) is 11.7. The second-order valence-corrected chi connectivity index (χ2v) is 10.7. The van der Waals surface area contributed by atoms with Gasteiger partial charge in [-0.15, -0.1) is 0 Å². The standard InChI is InChI=1S/C37H33N3O5/c1-40(37-39-32-16-7-8-17-34(32)45-37)22-23-44-27-20-18-25(19-21-27)24-33(36(42)43-2)38-31-15-6-5-13-30(31)35(41)29-14-9-11-26-10-3-4-12-28(26)29/h3-21,33,38H,22-24H2,1-2H3. The van der Waals surface area contributed by atoms with Crippen molar-refractivity contribution in [1.29, 1.82) is 0 Å². The Kier molecular flexibility index (Phi) is 8.73. The number of fused-ring (bicyclic) bond motifs is 2. The summed E-state index contributed by atoms with van der Waals surface area (Å²) in [5, 5.41) is 5.15. The molecule has 226 valence electrons. The molecule has 0 amide bonds. The number of ether oxygens (including phenoxy) is 2. The first kappa shape index (κ1) is 29.4. The van der Waals surface area contributed by atoms with E-state index in [9.17, 15) is 9.59 Å². The van der Waals surface area contributed by atoms with E-state index in [2.05, 4.69) is 10.3 Å². The lowest BCUT2D eigenvalue weighted by Gasteiger charge is -2.20. The number of hydrogen-bond donors (Lipinski definition) is 1. The van der Waals surface area contributed by atoms with E-state index in [0.29, 0.717) is 48.2 Å². The number of anilines is 2. The summed E-state index contributed by atoms with van der Waals surface area (Å²) in [6, 6.07) is 35.8. The van der Waals surface area contributed by atoms with Crippen LogP contribution in [0.2, 0.25) is 0 Å². The second kappa shape index (κ2) is 13.3. The summed E-state index contributed by atoms with van der Waals surface area (Å²) in [7, 11) is 3.27. The van der Waals surface area contributed by atoms with Gasteiger partial charge in [-0.25, -0.2) is 4.79 Å². The molecule has 1 heterocycles. The Morgan fingerprint density at radius 1 is 0.844 bits per heavy atom. The number of rotatable bonds is 12. The van der Waals surface area contributed by atoms with Crippen LogP contribution in [0.15, 0.2) is 120 Å². The van der Waals surface area contributed by atoms with E-state index in [1.54, 1.807) is 6.07 Å². The number of esters is 1. The molecule has 0 saturated carbocycles. The van der Waals surface area contributed by atoms with Gasteiger partial charge in [-0.2, -0.15) is 4.98 Å². The molecule has 0 bridgehead atoms. The minimum atomic E-state index is -0.715. The number of likely N-dealkylation sites (N-methyl/N-ethyl adjacent to an activating group) is 1. The van der Waals surface area contributed by atoms with Crippen LogP contribution in [0.4, 0.5) is 11.7 Å². The molecule has 1 unspecified atom stereocenters. The molecule has 6 aromatic rings. The Hall–Kier alpha value is -5.63. The Balaban J connectivity index is 1.11. The second-order valence-electron chi connectivity index (χ2n) is 10.7. The molecule has 1 aromatic heterocycles. The Bertz CT molecular complexity index is 1910. The van der Waals surface area contributed by atoms with Gasteiger partial charge >= 0.3 is 5.97 Å². The molecule has 5 aromatic carbocycles. The molecule has 8 nitrogen and oxygen atoms in total. The van der Waals surface area contributed by atoms with Crippen molar-refractivity contribution in [3.05, 3.63) is 132 Å². The van der Waals surface area contributed by atoms with E-state index < -0.39 is 12.0 Å². The van der Waals surface area contributed by atoms with Crippen LogP contribution in [-0.2, 0) is 16.0 Å². The van der Waals surface area contributed by atoms with Crippen molar-refractivity contribution < 1.29 is 23.5 Å². The highest BCUT2D eigenvalue weighted by atomic mass is 16.5. The number of aromatic nitrogens is 1. The van der Waals surface area contributed by atoms with Crippen molar-refractivity contribution in [2.75, 3.05) is 37.5 Å². The summed E-state index contributed by atoms with van der Waals surface area (Å²) in [6.45, 7) is 1.02. The topological polar surface area (TPSA) is 93.9 Å². The van der Waals surface area contributed by atoms with Gasteiger partial charge in [0.1, 0.15) is 23.9 Å². The lowest BCUT2D eigenvalue weighted by molar-refractivity contribution is -0.141. The fraction of sp³-hybridized carbons (Fsp3) is 0.162. The van der Waals surface area contributed by atoms with Gasteiger partial charge in [-0.05, 0) is 52.7 Å². The van der Waals surface area contributed by atoms with Crippen LogP contribution in [0.5, 0.6) is 5.75 Å². The highest BCUT2D eigenvalue weighted by molar-refractivity contribution is 6.18. The molecular formula is C37H33N3O5.